The highest BCUT2D eigenvalue weighted by Gasteiger charge is 2.56. The van der Waals surface area contributed by atoms with Crippen molar-refractivity contribution in [3.05, 3.63) is 77.8 Å². The van der Waals surface area contributed by atoms with E-state index in [4.69, 9.17) is 14.2 Å². The minimum Gasteiger partial charge on any atom is -0.486 e. The van der Waals surface area contributed by atoms with Crippen LogP contribution in [-0.2, 0) is 20.7 Å². The molecule has 3 aliphatic carbocycles. The molecule has 37 heavy (non-hydrogen) atoms. The third-order valence-electron chi connectivity index (χ3n) is 8.26. The number of likely N-dealkylation sites (tertiary alicyclic amines) is 1. The van der Waals surface area contributed by atoms with Crippen LogP contribution in [0.3, 0.4) is 0 Å². The molecule has 2 heterocycles. The fraction of sp³-hybridized carbons (Fsp3) is 0.516. The zero-order chi connectivity index (χ0) is 25.1. The molecule has 3 fully saturated rings. The quantitative estimate of drug-likeness (QED) is 0.531. The van der Waals surface area contributed by atoms with Gasteiger partial charge in [-0.25, -0.2) is 0 Å². The van der Waals surface area contributed by atoms with Gasteiger partial charge < -0.3 is 24.4 Å². The molecule has 1 aromatic carbocycles. The first-order valence-electron chi connectivity index (χ1n) is 13.9. The van der Waals surface area contributed by atoms with Gasteiger partial charge in [-0.3, -0.25) is 4.79 Å². The Balaban J connectivity index is 1.07. The smallest absolute Gasteiger partial charge is 0.224 e. The van der Waals surface area contributed by atoms with Gasteiger partial charge in [0.2, 0.25) is 5.91 Å². The number of allylic oxidation sites excluding steroid dienone is 4. The maximum Gasteiger partial charge on any atom is 0.224 e. The molecule has 4 atom stereocenters. The topological polar surface area (TPSA) is 60.0 Å². The Morgan fingerprint density at radius 3 is 2.81 bits per heavy atom. The number of rotatable bonds is 9. The predicted octanol–water partition coefficient (Wildman–Crippen LogP) is 4.69. The Kier molecular flexibility index (Phi) is 7.10. The van der Waals surface area contributed by atoms with Gasteiger partial charge in [0, 0.05) is 24.4 Å². The molecule has 5 aliphatic rings. The van der Waals surface area contributed by atoms with Crippen LogP contribution in [-0.4, -0.2) is 55.8 Å². The van der Waals surface area contributed by atoms with E-state index in [0.29, 0.717) is 25.6 Å². The molecule has 0 aromatic heterocycles. The first-order chi connectivity index (χ1) is 18.1. The number of nitrogens with zero attached hydrogens (tertiary/aromatic N) is 1. The van der Waals surface area contributed by atoms with Crippen LogP contribution < -0.4 is 10.1 Å². The van der Waals surface area contributed by atoms with E-state index in [0.717, 1.165) is 55.1 Å². The Morgan fingerprint density at radius 1 is 1.11 bits per heavy atom. The number of amides is 1. The highest BCUT2D eigenvalue weighted by atomic mass is 16.6. The third kappa shape index (κ3) is 5.96. The van der Waals surface area contributed by atoms with E-state index < -0.39 is 0 Å². The molecule has 2 aliphatic heterocycles. The lowest BCUT2D eigenvalue weighted by Gasteiger charge is -2.30. The van der Waals surface area contributed by atoms with Crippen molar-refractivity contribution in [1.29, 1.82) is 0 Å². The highest BCUT2D eigenvalue weighted by molar-refractivity contribution is 5.79. The van der Waals surface area contributed by atoms with Gasteiger partial charge in [-0.05, 0) is 87.0 Å². The van der Waals surface area contributed by atoms with Crippen molar-refractivity contribution in [2.75, 3.05) is 32.8 Å². The summed E-state index contributed by atoms with van der Waals surface area (Å²) in [7, 11) is 0. The van der Waals surface area contributed by atoms with E-state index in [1.54, 1.807) is 0 Å². The Morgan fingerprint density at radius 2 is 1.97 bits per heavy atom. The summed E-state index contributed by atoms with van der Waals surface area (Å²) in [6, 6.07) is 8.18. The van der Waals surface area contributed by atoms with Crippen LogP contribution in [0.25, 0.3) is 0 Å². The van der Waals surface area contributed by atoms with E-state index in [9.17, 15) is 4.79 Å². The van der Waals surface area contributed by atoms with Gasteiger partial charge in [-0.15, -0.1) is 0 Å². The molecule has 1 saturated carbocycles. The maximum atomic E-state index is 13.1. The Labute approximate surface area is 220 Å². The molecule has 1 aromatic rings. The molecule has 0 bridgehead atoms. The second kappa shape index (κ2) is 10.8. The van der Waals surface area contributed by atoms with Crippen molar-refractivity contribution in [1.82, 2.24) is 10.2 Å². The number of hydrogen-bond acceptors (Lipinski definition) is 5. The van der Waals surface area contributed by atoms with Gasteiger partial charge in [0.1, 0.15) is 25.1 Å². The fourth-order valence-electron chi connectivity index (χ4n) is 6.32. The van der Waals surface area contributed by atoms with Crippen molar-refractivity contribution < 1.29 is 19.0 Å². The summed E-state index contributed by atoms with van der Waals surface area (Å²) in [5.41, 5.74) is 1.12. The molecule has 6 heteroatoms. The zero-order valence-electron chi connectivity index (χ0n) is 21.6. The van der Waals surface area contributed by atoms with Crippen molar-refractivity contribution in [2.24, 2.45) is 11.3 Å². The molecule has 1 amide bonds. The van der Waals surface area contributed by atoms with Crippen molar-refractivity contribution in [3.8, 4) is 5.75 Å². The molecule has 0 spiro atoms. The summed E-state index contributed by atoms with van der Waals surface area (Å²) in [6.07, 6.45) is 19.6. The van der Waals surface area contributed by atoms with Crippen LogP contribution in [0.4, 0.5) is 0 Å². The van der Waals surface area contributed by atoms with E-state index in [1.165, 1.54) is 25.9 Å². The average molecular weight is 503 g/mol. The molecule has 0 radical (unpaired) electrons. The van der Waals surface area contributed by atoms with Crippen molar-refractivity contribution in [2.45, 2.75) is 57.1 Å². The van der Waals surface area contributed by atoms with E-state index in [-0.39, 0.29) is 23.5 Å². The van der Waals surface area contributed by atoms with Crippen LogP contribution in [0, 0.1) is 11.3 Å². The summed E-state index contributed by atoms with van der Waals surface area (Å²) in [5.74, 6) is 3.14. The van der Waals surface area contributed by atoms with Gasteiger partial charge in [-0.2, -0.15) is 0 Å². The molecular formula is C31H38N2O4. The van der Waals surface area contributed by atoms with Crippen LogP contribution in [0.2, 0.25) is 0 Å². The number of fused-ring (bicyclic) bond motifs is 1. The molecule has 6 rings (SSSR count). The summed E-state index contributed by atoms with van der Waals surface area (Å²) in [6.45, 7) is 4.67. The van der Waals surface area contributed by atoms with Crippen molar-refractivity contribution >= 4 is 5.91 Å². The Hall–Kier alpha value is -2.99. The average Bonchev–Trinajstić information content (AvgIpc) is 3.28. The molecule has 6 nitrogen and oxygen atoms in total. The largest absolute Gasteiger partial charge is 0.486 e. The minimum absolute atomic E-state index is 0.0537. The second-order valence-corrected chi connectivity index (χ2v) is 11.2. The van der Waals surface area contributed by atoms with E-state index in [2.05, 4.69) is 34.5 Å². The summed E-state index contributed by atoms with van der Waals surface area (Å²) in [4.78, 5) is 15.7. The number of nitrogens with one attached hydrogen (secondary N) is 1. The number of hydrogen-bond donors (Lipinski definition) is 1. The molecule has 1 N–H and O–H groups in total. The van der Waals surface area contributed by atoms with E-state index >= 15 is 0 Å². The minimum atomic E-state index is 0.0537. The molecule has 2 saturated heterocycles. The molecular weight excluding hydrogens is 464 g/mol. The third-order valence-corrected chi connectivity index (χ3v) is 8.26. The van der Waals surface area contributed by atoms with Gasteiger partial charge in [-0.1, -0.05) is 30.4 Å². The first kappa shape index (κ1) is 24.4. The van der Waals surface area contributed by atoms with Crippen LogP contribution >= 0.6 is 0 Å². The second-order valence-electron chi connectivity index (χ2n) is 11.2. The lowest BCUT2D eigenvalue weighted by atomic mass is 9.85. The maximum absolute atomic E-state index is 13.1. The summed E-state index contributed by atoms with van der Waals surface area (Å²) < 4.78 is 17.7. The predicted molar refractivity (Wildman–Crippen MR) is 143 cm³/mol. The molecule has 196 valence electrons. The first-order valence-corrected chi connectivity index (χ1v) is 13.9. The lowest BCUT2D eigenvalue weighted by molar-refractivity contribution is -0.120. The van der Waals surface area contributed by atoms with Crippen LogP contribution in [0.5, 0.6) is 5.75 Å². The number of carbonyl (C=O) groups excluding carboxylic acids is 1. The normalized spacial score (nSPS) is 30.4. The van der Waals surface area contributed by atoms with Crippen LogP contribution in [0.1, 0.15) is 44.1 Å². The van der Waals surface area contributed by atoms with Crippen LogP contribution in [0.15, 0.2) is 72.2 Å². The monoisotopic (exact) mass is 502 g/mol. The number of benzene rings is 1. The van der Waals surface area contributed by atoms with Gasteiger partial charge >= 0.3 is 0 Å². The van der Waals surface area contributed by atoms with Crippen molar-refractivity contribution in [3.63, 3.8) is 0 Å². The van der Waals surface area contributed by atoms with Gasteiger partial charge in [0.25, 0.3) is 0 Å². The fourth-order valence-corrected chi connectivity index (χ4v) is 6.32. The summed E-state index contributed by atoms with van der Waals surface area (Å²) in [5, 5.41) is 3.40. The standard InChI is InChI=1S/C31H38N2O4/c34-30(19-23-7-6-10-26(17-23)37-25-8-2-1-3-9-25)32-29-21-31(29,22-33-13-4-5-14-33)20-24-11-12-27-28(18-24)36-16-15-35-27/h1-3,6-8,10,12,17-18,24-25,29H,4-5,9,11,13-16,19-22H2,(H,32,34)/t24?,25?,29?,31-/m1/s1. The van der Waals surface area contributed by atoms with Gasteiger partial charge in [0.05, 0.1) is 6.42 Å². The zero-order valence-corrected chi connectivity index (χ0v) is 21.6. The van der Waals surface area contributed by atoms with E-state index in [1.807, 2.05) is 36.4 Å². The Bertz CT molecular complexity index is 1120. The highest BCUT2D eigenvalue weighted by Crippen LogP contribution is 2.53. The number of ether oxygens (including phenoxy) is 3. The number of carbonyl (C=O) groups is 1. The lowest BCUT2D eigenvalue weighted by Crippen LogP contribution is -2.37. The van der Waals surface area contributed by atoms with Gasteiger partial charge in [0.15, 0.2) is 11.5 Å². The SMILES string of the molecule is O=C(Cc1cccc(OC2C=CC=CC2)c1)NC1C[C@]1(CC1C=C2OCCOC2=CC1)CN1CCCC1. The molecule has 3 unspecified atom stereocenters. The summed E-state index contributed by atoms with van der Waals surface area (Å²) >= 11 is 0.